The Bertz CT molecular complexity index is 665. The third-order valence-electron chi connectivity index (χ3n) is 4.43. The van der Waals surface area contributed by atoms with Gasteiger partial charge in [0.1, 0.15) is 5.78 Å². The Kier molecular flexibility index (Phi) is 4.02. The Hall–Kier alpha value is -1.74. The Morgan fingerprint density at radius 1 is 1.33 bits per heavy atom. The number of pyridine rings is 1. The lowest BCUT2D eigenvalue weighted by molar-refractivity contribution is -0.126. The van der Waals surface area contributed by atoms with Gasteiger partial charge >= 0.3 is 0 Å². The van der Waals surface area contributed by atoms with Gasteiger partial charge in [0.25, 0.3) is 0 Å². The summed E-state index contributed by atoms with van der Waals surface area (Å²) in [6.07, 6.45) is 1.64. The van der Waals surface area contributed by atoms with Crippen LogP contribution in [0.5, 0.6) is 0 Å². The minimum atomic E-state index is 0.216. The minimum absolute atomic E-state index is 0.216. The van der Waals surface area contributed by atoms with Crippen molar-refractivity contribution in [3.63, 3.8) is 0 Å². The summed E-state index contributed by atoms with van der Waals surface area (Å²) in [5.74, 6) is 0.650. The van der Waals surface area contributed by atoms with Gasteiger partial charge in [-0.05, 0) is 31.0 Å². The van der Waals surface area contributed by atoms with E-state index in [0.717, 1.165) is 37.3 Å². The molecule has 110 valence electrons. The number of hydrogen-bond acceptors (Lipinski definition) is 3. The third-order valence-corrected chi connectivity index (χ3v) is 4.43. The van der Waals surface area contributed by atoms with Gasteiger partial charge in [0.15, 0.2) is 0 Å². The van der Waals surface area contributed by atoms with E-state index >= 15 is 0 Å². The van der Waals surface area contributed by atoms with Crippen LogP contribution in [0.15, 0.2) is 30.3 Å². The Balaban J connectivity index is 1.86. The molecule has 1 aliphatic heterocycles. The first kappa shape index (κ1) is 14.2. The molecule has 0 saturated carbocycles. The van der Waals surface area contributed by atoms with E-state index in [-0.39, 0.29) is 5.92 Å². The number of carbonyl (C=O) groups is 1. The molecule has 0 aliphatic carbocycles. The zero-order chi connectivity index (χ0) is 14.8. The first-order valence-corrected chi connectivity index (χ1v) is 7.77. The lowest BCUT2D eigenvalue weighted by atomic mass is 9.93. The van der Waals surface area contributed by atoms with Gasteiger partial charge in [0.05, 0.1) is 5.52 Å². The van der Waals surface area contributed by atoms with Crippen molar-refractivity contribution < 1.29 is 4.79 Å². The smallest absolute Gasteiger partial charge is 0.138 e. The minimum Gasteiger partial charge on any atom is -0.299 e. The van der Waals surface area contributed by atoms with E-state index in [0.29, 0.717) is 12.2 Å². The maximum absolute atomic E-state index is 11.9. The van der Waals surface area contributed by atoms with E-state index in [9.17, 15) is 4.79 Å². The molecule has 1 atom stereocenters. The fourth-order valence-corrected chi connectivity index (χ4v) is 3.24. The van der Waals surface area contributed by atoms with Gasteiger partial charge < -0.3 is 0 Å². The summed E-state index contributed by atoms with van der Waals surface area (Å²) in [7, 11) is 0. The predicted molar refractivity (Wildman–Crippen MR) is 85.2 cm³/mol. The Morgan fingerprint density at radius 2 is 2.14 bits per heavy atom. The standard InChI is InChI=1S/C18H22N2O/c1-3-14-11-20(9-8-18(14)21)12-15-10-13(2)19-17-7-5-4-6-16(15)17/h4-7,10,14H,3,8-9,11-12H2,1-2H3. The highest BCUT2D eigenvalue weighted by atomic mass is 16.1. The number of rotatable bonds is 3. The largest absolute Gasteiger partial charge is 0.299 e. The molecule has 0 N–H and O–H groups in total. The molecule has 2 heterocycles. The average molecular weight is 282 g/mol. The zero-order valence-electron chi connectivity index (χ0n) is 12.8. The molecule has 1 unspecified atom stereocenters. The van der Waals surface area contributed by atoms with Crippen LogP contribution in [0.1, 0.15) is 31.0 Å². The van der Waals surface area contributed by atoms with Gasteiger partial charge in [-0.25, -0.2) is 0 Å². The molecule has 0 amide bonds. The van der Waals surface area contributed by atoms with Gasteiger partial charge in [-0.1, -0.05) is 25.1 Å². The number of benzene rings is 1. The number of fused-ring (bicyclic) bond motifs is 1. The van der Waals surface area contributed by atoms with Crippen molar-refractivity contribution in [2.75, 3.05) is 13.1 Å². The van der Waals surface area contributed by atoms with E-state index in [1.54, 1.807) is 0 Å². The van der Waals surface area contributed by atoms with Crippen LogP contribution in [0.4, 0.5) is 0 Å². The third kappa shape index (κ3) is 2.98. The molecule has 0 radical (unpaired) electrons. The fraction of sp³-hybridized carbons (Fsp3) is 0.444. The van der Waals surface area contributed by atoms with E-state index < -0.39 is 0 Å². The summed E-state index contributed by atoms with van der Waals surface area (Å²) in [5.41, 5.74) is 3.44. The predicted octanol–water partition coefficient (Wildman–Crippen LogP) is 3.34. The van der Waals surface area contributed by atoms with Gasteiger partial charge in [0, 0.05) is 43.1 Å². The summed E-state index contributed by atoms with van der Waals surface area (Å²) in [4.78, 5) is 18.9. The van der Waals surface area contributed by atoms with Crippen molar-refractivity contribution in [2.24, 2.45) is 5.92 Å². The number of aromatic nitrogens is 1. The molecule has 1 aliphatic rings. The van der Waals surface area contributed by atoms with Gasteiger partial charge in [-0.15, -0.1) is 0 Å². The van der Waals surface area contributed by atoms with Crippen molar-refractivity contribution in [1.29, 1.82) is 0 Å². The van der Waals surface area contributed by atoms with Crippen molar-refractivity contribution in [3.05, 3.63) is 41.6 Å². The molecule has 1 saturated heterocycles. The van der Waals surface area contributed by atoms with Crippen molar-refractivity contribution in [1.82, 2.24) is 9.88 Å². The molecule has 1 aromatic carbocycles. The number of nitrogens with zero attached hydrogens (tertiary/aromatic N) is 2. The second-order valence-corrected chi connectivity index (χ2v) is 6.00. The lowest BCUT2D eigenvalue weighted by Crippen LogP contribution is -2.40. The number of carbonyl (C=O) groups excluding carboxylic acids is 1. The molecule has 2 aromatic rings. The molecule has 1 aromatic heterocycles. The topological polar surface area (TPSA) is 33.2 Å². The molecule has 1 fully saturated rings. The SMILES string of the molecule is CCC1CN(Cc2cc(C)nc3ccccc23)CCC1=O. The molecular weight excluding hydrogens is 260 g/mol. The van der Waals surface area contributed by atoms with Crippen LogP contribution >= 0.6 is 0 Å². The molecular formula is C18H22N2O. The molecule has 21 heavy (non-hydrogen) atoms. The highest BCUT2D eigenvalue weighted by Gasteiger charge is 2.25. The normalized spacial score (nSPS) is 20.1. The Morgan fingerprint density at radius 3 is 2.95 bits per heavy atom. The number of para-hydroxylation sites is 1. The highest BCUT2D eigenvalue weighted by Crippen LogP contribution is 2.23. The first-order chi connectivity index (χ1) is 10.2. The number of Topliss-reactive ketones (excluding diaryl/α,β-unsaturated/α-hetero) is 1. The molecule has 3 heteroatoms. The quantitative estimate of drug-likeness (QED) is 0.865. The number of piperidine rings is 1. The summed E-state index contributed by atoms with van der Waals surface area (Å²) in [5, 5.41) is 1.23. The highest BCUT2D eigenvalue weighted by molar-refractivity contribution is 5.83. The van der Waals surface area contributed by atoms with Crippen LogP contribution in [0.25, 0.3) is 10.9 Å². The maximum Gasteiger partial charge on any atom is 0.138 e. The maximum atomic E-state index is 11.9. The van der Waals surface area contributed by atoms with Crippen LogP contribution in [0.3, 0.4) is 0 Å². The second kappa shape index (κ2) is 5.94. The van der Waals surface area contributed by atoms with Crippen LogP contribution in [-0.2, 0) is 11.3 Å². The second-order valence-electron chi connectivity index (χ2n) is 6.00. The van der Waals surface area contributed by atoms with E-state index in [4.69, 9.17) is 0 Å². The van der Waals surface area contributed by atoms with Crippen LogP contribution in [0.2, 0.25) is 0 Å². The number of aryl methyl sites for hydroxylation is 1. The van der Waals surface area contributed by atoms with Crippen LogP contribution < -0.4 is 0 Å². The lowest BCUT2D eigenvalue weighted by Gasteiger charge is -2.31. The monoisotopic (exact) mass is 282 g/mol. The number of ketones is 1. The summed E-state index contributed by atoms with van der Waals surface area (Å²) < 4.78 is 0. The summed E-state index contributed by atoms with van der Waals surface area (Å²) in [6.45, 7) is 6.84. The Labute approximate surface area is 126 Å². The first-order valence-electron chi connectivity index (χ1n) is 7.77. The van der Waals surface area contributed by atoms with Crippen molar-refractivity contribution >= 4 is 16.7 Å². The number of likely N-dealkylation sites (tertiary alicyclic amines) is 1. The number of hydrogen-bond donors (Lipinski definition) is 0. The van der Waals surface area contributed by atoms with E-state index in [1.165, 1.54) is 10.9 Å². The summed E-state index contributed by atoms with van der Waals surface area (Å²) >= 11 is 0. The van der Waals surface area contributed by atoms with Crippen molar-refractivity contribution in [3.8, 4) is 0 Å². The van der Waals surface area contributed by atoms with Gasteiger partial charge in [0.2, 0.25) is 0 Å². The molecule has 3 nitrogen and oxygen atoms in total. The fourth-order valence-electron chi connectivity index (χ4n) is 3.24. The van der Waals surface area contributed by atoms with Crippen molar-refractivity contribution in [2.45, 2.75) is 33.2 Å². The average Bonchev–Trinajstić information content (AvgIpc) is 2.49. The van der Waals surface area contributed by atoms with E-state index in [2.05, 4.69) is 41.1 Å². The molecule has 0 spiro atoms. The van der Waals surface area contributed by atoms with Gasteiger partial charge in [-0.2, -0.15) is 0 Å². The molecule has 3 rings (SSSR count). The van der Waals surface area contributed by atoms with Gasteiger partial charge in [-0.3, -0.25) is 14.7 Å². The van der Waals surface area contributed by atoms with Crippen LogP contribution in [0, 0.1) is 12.8 Å². The summed E-state index contributed by atoms with van der Waals surface area (Å²) in [6, 6.07) is 10.5. The van der Waals surface area contributed by atoms with E-state index in [1.807, 2.05) is 13.0 Å². The zero-order valence-corrected chi connectivity index (χ0v) is 12.8. The molecule has 0 bridgehead atoms. The van der Waals surface area contributed by atoms with Crippen LogP contribution in [-0.4, -0.2) is 28.8 Å².